The molecule has 1 N–H and O–H groups in total. The highest BCUT2D eigenvalue weighted by Gasteiger charge is 2.25. The Kier molecular flexibility index (Phi) is 8.15. The van der Waals surface area contributed by atoms with E-state index in [2.05, 4.69) is 41.9 Å². The number of aryl methyl sites for hydroxylation is 1. The molecule has 0 unspecified atom stereocenters. The van der Waals surface area contributed by atoms with Gasteiger partial charge in [0.05, 0.1) is 22.0 Å². The van der Waals surface area contributed by atoms with Crippen molar-refractivity contribution in [1.82, 2.24) is 9.66 Å². The lowest BCUT2D eigenvalue weighted by atomic mass is 10.2. The first-order chi connectivity index (χ1) is 16.1. The summed E-state index contributed by atoms with van der Waals surface area (Å²) >= 11 is 6.57. The van der Waals surface area contributed by atoms with E-state index in [1.54, 1.807) is 18.2 Å². The van der Waals surface area contributed by atoms with E-state index in [1.165, 1.54) is 25.3 Å². The van der Waals surface area contributed by atoms with Gasteiger partial charge in [0.15, 0.2) is 6.10 Å². The van der Waals surface area contributed by atoms with Crippen molar-refractivity contribution in [3.05, 3.63) is 71.1 Å². The van der Waals surface area contributed by atoms with Crippen LogP contribution in [-0.2, 0) is 11.2 Å². The molecule has 0 spiro atoms. The number of nitro groups is 1. The van der Waals surface area contributed by atoms with Gasteiger partial charge in [0.1, 0.15) is 5.82 Å². The number of aromatic nitrogens is 2. The molecule has 0 saturated heterocycles. The molecule has 10 nitrogen and oxygen atoms in total. The molecule has 0 saturated carbocycles. The molecule has 3 aromatic rings. The van der Waals surface area contributed by atoms with Gasteiger partial charge in [-0.25, -0.2) is 9.78 Å². The Hall–Kier alpha value is -3.12. The fraction of sp³-hybridized carbons (Fsp3) is 0.273. The molecule has 1 heterocycles. The fourth-order valence-corrected chi connectivity index (χ4v) is 3.94. The Morgan fingerprint density at radius 1 is 1.32 bits per heavy atom. The summed E-state index contributed by atoms with van der Waals surface area (Å²) in [6.07, 6.45) is 2.02. The van der Waals surface area contributed by atoms with Gasteiger partial charge < -0.3 is 9.84 Å². The van der Waals surface area contributed by atoms with Gasteiger partial charge in [-0.15, -0.1) is 0 Å². The summed E-state index contributed by atoms with van der Waals surface area (Å²) in [7, 11) is 0. The van der Waals surface area contributed by atoms with Crippen LogP contribution in [0, 0.1) is 10.1 Å². The number of ether oxygens (including phenoxy) is 1. The minimum Gasteiger partial charge on any atom is -0.479 e. The summed E-state index contributed by atoms with van der Waals surface area (Å²) in [5.74, 6) is -1.13. The number of nitro benzene ring substituents is 1. The maximum Gasteiger partial charge on any atom is 0.344 e. The lowest BCUT2D eigenvalue weighted by molar-refractivity contribution is -0.386. The standard InChI is InChI=1S/C22H20Br2N4O6/c1-3-4-5-19-26-17-7-6-14(23)9-16(17)21(29)27(19)25-11-13-8-15(24)10-18(28(32)33)20(13)34-12(2)22(30)31/h6-12H,3-5H2,1-2H3,(H,30,31)/t12-/m1/s1. The van der Waals surface area contributed by atoms with Gasteiger partial charge in [-0.2, -0.15) is 9.78 Å². The second-order valence-corrected chi connectivity index (χ2v) is 9.18. The van der Waals surface area contributed by atoms with Crippen molar-refractivity contribution in [1.29, 1.82) is 0 Å². The molecule has 34 heavy (non-hydrogen) atoms. The second-order valence-electron chi connectivity index (χ2n) is 7.35. The Bertz CT molecular complexity index is 1360. The number of carboxylic acid groups (broad SMARTS) is 1. The molecule has 0 fully saturated rings. The fourth-order valence-electron chi connectivity index (χ4n) is 3.12. The maximum atomic E-state index is 13.2. The number of aliphatic carboxylic acids is 1. The zero-order valence-corrected chi connectivity index (χ0v) is 21.4. The molecule has 3 rings (SSSR count). The number of halogens is 2. The number of hydrogen-bond donors (Lipinski definition) is 1. The van der Waals surface area contributed by atoms with Gasteiger partial charge in [-0.05, 0) is 37.6 Å². The molecule has 0 amide bonds. The van der Waals surface area contributed by atoms with E-state index in [0.29, 0.717) is 32.1 Å². The van der Waals surface area contributed by atoms with Crippen molar-refractivity contribution in [3.8, 4) is 5.75 Å². The topological polar surface area (TPSA) is 137 Å². The van der Waals surface area contributed by atoms with E-state index in [1.807, 2.05) is 6.92 Å². The molecule has 0 radical (unpaired) electrons. The van der Waals surface area contributed by atoms with Crippen LogP contribution < -0.4 is 10.3 Å². The van der Waals surface area contributed by atoms with Crippen LogP contribution in [0.1, 0.15) is 38.1 Å². The van der Waals surface area contributed by atoms with Crippen LogP contribution in [0.25, 0.3) is 10.9 Å². The molecule has 12 heteroatoms. The summed E-state index contributed by atoms with van der Waals surface area (Å²) < 4.78 is 7.61. The molecule has 0 bridgehead atoms. The molecule has 1 atom stereocenters. The van der Waals surface area contributed by atoms with Crippen LogP contribution in [0.2, 0.25) is 0 Å². The normalized spacial score (nSPS) is 12.2. The molecule has 2 aromatic carbocycles. The van der Waals surface area contributed by atoms with Gasteiger partial charge >= 0.3 is 11.7 Å². The smallest absolute Gasteiger partial charge is 0.344 e. The number of hydrogen-bond acceptors (Lipinski definition) is 7. The SMILES string of the molecule is CCCCc1nc2ccc(Br)cc2c(=O)n1N=Cc1cc(Br)cc([N+](=O)[O-])c1O[C@H](C)C(=O)O. The van der Waals surface area contributed by atoms with Crippen LogP contribution in [0.15, 0.2) is 49.2 Å². The third-order valence-corrected chi connectivity index (χ3v) is 5.79. The quantitative estimate of drug-likeness (QED) is 0.211. The first kappa shape index (κ1) is 25.5. The van der Waals surface area contributed by atoms with Crippen molar-refractivity contribution in [2.45, 2.75) is 39.2 Å². The van der Waals surface area contributed by atoms with Gasteiger partial charge in [-0.1, -0.05) is 45.2 Å². The number of carboxylic acids is 1. The first-order valence-corrected chi connectivity index (χ1v) is 11.8. The third-order valence-electron chi connectivity index (χ3n) is 4.84. The summed E-state index contributed by atoms with van der Waals surface area (Å²) in [5.41, 5.74) is -0.192. The molecular weight excluding hydrogens is 576 g/mol. The average molecular weight is 596 g/mol. The summed E-state index contributed by atoms with van der Waals surface area (Å²) in [6.45, 7) is 3.27. The molecular formula is C22H20Br2N4O6. The van der Waals surface area contributed by atoms with Gasteiger partial charge in [0.25, 0.3) is 5.56 Å². The number of fused-ring (bicyclic) bond motifs is 1. The van der Waals surface area contributed by atoms with Crippen LogP contribution in [0.4, 0.5) is 5.69 Å². The predicted octanol–water partition coefficient (Wildman–Crippen LogP) is 4.91. The summed E-state index contributed by atoms with van der Waals surface area (Å²) in [6, 6.07) is 7.87. The lowest BCUT2D eigenvalue weighted by Crippen LogP contribution is -2.24. The maximum absolute atomic E-state index is 13.2. The van der Waals surface area contributed by atoms with Crippen LogP contribution >= 0.6 is 31.9 Å². The molecule has 1 aromatic heterocycles. The van der Waals surface area contributed by atoms with E-state index in [-0.39, 0.29) is 11.3 Å². The van der Waals surface area contributed by atoms with Crippen molar-refractivity contribution >= 4 is 60.6 Å². The number of benzene rings is 2. The van der Waals surface area contributed by atoms with Crippen LogP contribution in [0.3, 0.4) is 0 Å². The van der Waals surface area contributed by atoms with Crippen molar-refractivity contribution in [2.75, 3.05) is 0 Å². The molecule has 178 valence electrons. The lowest BCUT2D eigenvalue weighted by Gasteiger charge is -2.14. The van der Waals surface area contributed by atoms with Crippen LogP contribution in [-0.4, -0.2) is 38.0 Å². The molecule has 0 aliphatic heterocycles. The van der Waals surface area contributed by atoms with Gasteiger partial charge in [0.2, 0.25) is 5.75 Å². The average Bonchev–Trinajstić information content (AvgIpc) is 2.78. The first-order valence-electron chi connectivity index (χ1n) is 10.2. The van der Waals surface area contributed by atoms with Crippen molar-refractivity contribution in [3.63, 3.8) is 0 Å². The minimum atomic E-state index is -1.35. The Labute approximate surface area is 210 Å². The third kappa shape index (κ3) is 5.68. The van der Waals surface area contributed by atoms with E-state index in [4.69, 9.17) is 4.74 Å². The highest BCUT2D eigenvalue weighted by molar-refractivity contribution is 9.10. The number of rotatable bonds is 9. The Morgan fingerprint density at radius 3 is 2.71 bits per heavy atom. The number of carbonyl (C=O) groups is 1. The highest BCUT2D eigenvalue weighted by atomic mass is 79.9. The van der Waals surface area contributed by atoms with Crippen molar-refractivity contribution < 1.29 is 19.6 Å². The predicted molar refractivity (Wildman–Crippen MR) is 134 cm³/mol. The largest absolute Gasteiger partial charge is 0.479 e. The van der Waals surface area contributed by atoms with Crippen molar-refractivity contribution in [2.24, 2.45) is 5.10 Å². The zero-order valence-electron chi connectivity index (χ0n) is 18.2. The van der Waals surface area contributed by atoms with E-state index in [9.17, 15) is 24.8 Å². The Balaban J connectivity index is 2.20. The highest BCUT2D eigenvalue weighted by Crippen LogP contribution is 2.34. The van der Waals surface area contributed by atoms with Gasteiger partial charge in [0, 0.05) is 27.0 Å². The monoisotopic (exact) mass is 594 g/mol. The molecule has 0 aliphatic carbocycles. The number of nitrogens with zero attached hydrogens (tertiary/aromatic N) is 4. The summed E-state index contributed by atoms with van der Waals surface area (Å²) in [4.78, 5) is 40.0. The summed E-state index contributed by atoms with van der Waals surface area (Å²) in [5, 5.41) is 25.5. The zero-order chi connectivity index (χ0) is 25.0. The van der Waals surface area contributed by atoms with E-state index in [0.717, 1.165) is 17.5 Å². The number of unbranched alkanes of at least 4 members (excludes halogenated alkanes) is 1. The van der Waals surface area contributed by atoms with E-state index < -0.39 is 28.2 Å². The Morgan fingerprint density at radius 2 is 2.06 bits per heavy atom. The second kappa shape index (κ2) is 10.9. The van der Waals surface area contributed by atoms with E-state index >= 15 is 0 Å². The van der Waals surface area contributed by atoms with Crippen LogP contribution in [0.5, 0.6) is 5.75 Å². The minimum absolute atomic E-state index is 0.122. The van der Waals surface area contributed by atoms with Gasteiger partial charge in [-0.3, -0.25) is 14.9 Å². The molecule has 0 aliphatic rings.